The fraction of sp³-hybridized carbons (Fsp3) is 0.480. The van der Waals surface area contributed by atoms with E-state index in [1.807, 2.05) is 43.4 Å². The van der Waals surface area contributed by atoms with Crippen molar-refractivity contribution in [3.63, 3.8) is 0 Å². The second-order valence-corrected chi connectivity index (χ2v) is 8.69. The number of esters is 1. The molecule has 1 amide bonds. The van der Waals surface area contributed by atoms with Crippen LogP contribution in [0.1, 0.15) is 41.7 Å². The number of rotatable bonds is 9. The van der Waals surface area contributed by atoms with Gasteiger partial charge in [0.05, 0.1) is 12.6 Å². The highest BCUT2D eigenvalue weighted by Gasteiger charge is 2.51. The number of aromatic nitrogens is 1. The van der Waals surface area contributed by atoms with Gasteiger partial charge in [-0.2, -0.15) is 0 Å². The molecule has 1 aromatic carbocycles. The SMILES string of the molecule is COC(=O)c1ccc(C2(NC(=O)C3(N(C)CCOc4ccccc4)CCOCC3)CC2)cn1. The summed E-state index contributed by atoms with van der Waals surface area (Å²) in [7, 11) is 3.31. The van der Waals surface area contributed by atoms with Crippen molar-refractivity contribution in [3.8, 4) is 5.75 Å². The van der Waals surface area contributed by atoms with Gasteiger partial charge in [-0.15, -0.1) is 0 Å². The standard InChI is InChI=1S/C25H31N3O5/c1-28(14-17-33-20-6-4-3-5-7-20)25(12-15-32-16-13-25)23(30)27-24(10-11-24)19-8-9-21(26-18-19)22(29)31-2/h3-9,18H,10-17H2,1-2H3,(H,27,30). The summed E-state index contributed by atoms with van der Waals surface area (Å²) in [6.07, 6.45) is 4.58. The number of carbonyl (C=O) groups is 2. The Kier molecular flexibility index (Phi) is 6.95. The van der Waals surface area contributed by atoms with Gasteiger partial charge < -0.3 is 19.5 Å². The number of nitrogens with zero attached hydrogens (tertiary/aromatic N) is 2. The molecule has 2 aliphatic rings. The molecule has 1 aromatic heterocycles. The molecule has 0 atom stereocenters. The number of pyridine rings is 1. The molecule has 2 aromatic rings. The maximum absolute atomic E-state index is 13.7. The average Bonchev–Trinajstić information content (AvgIpc) is 3.65. The zero-order valence-corrected chi connectivity index (χ0v) is 19.2. The maximum Gasteiger partial charge on any atom is 0.356 e. The zero-order chi connectivity index (χ0) is 23.3. The summed E-state index contributed by atoms with van der Waals surface area (Å²) < 4.78 is 16.2. The van der Waals surface area contributed by atoms with Gasteiger partial charge in [0.15, 0.2) is 0 Å². The number of amides is 1. The van der Waals surface area contributed by atoms with E-state index >= 15 is 0 Å². The fourth-order valence-electron chi connectivity index (χ4n) is 4.37. The summed E-state index contributed by atoms with van der Waals surface area (Å²) in [4.78, 5) is 31.7. The predicted molar refractivity (Wildman–Crippen MR) is 122 cm³/mol. The van der Waals surface area contributed by atoms with Crippen LogP contribution in [0.5, 0.6) is 5.75 Å². The monoisotopic (exact) mass is 453 g/mol. The Labute approximate surface area is 194 Å². The number of para-hydroxylation sites is 1. The molecule has 1 aliphatic heterocycles. The topological polar surface area (TPSA) is 90.0 Å². The minimum atomic E-state index is -0.659. The molecule has 2 fully saturated rings. The lowest BCUT2D eigenvalue weighted by Gasteiger charge is -2.43. The van der Waals surface area contributed by atoms with Crippen molar-refractivity contribution in [2.24, 2.45) is 0 Å². The van der Waals surface area contributed by atoms with E-state index < -0.39 is 17.0 Å². The van der Waals surface area contributed by atoms with Gasteiger partial charge in [-0.1, -0.05) is 24.3 Å². The van der Waals surface area contributed by atoms with Crippen LogP contribution in [0.4, 0.5) is 0 Å². The number of hydrogen-bond donors (Lipinski definition) is 1. The average molecular weight is 454 g/mol. The van der Waals surface area contributed by atoms with E-state index in [4.69, 9.17) is 14.2 Å². The lowest BCUT2D eigenvalue weighted by atomic mass is 9.86. The van der Waals surface area contributed by atoms with Crippen LogP contribution in [0.3, 0.4) is 0 Å². The number of likely N-dealkylation sites (N-methyl/N-ethyl adjacent to an activating group) is 1. The van der Waals surface area contributed by atoms with Crippen LogP contribution < -0.4 is 10.1 Å². The number of methoxy groups -OCH3 is 1. The van der Waals surface area contributed by atoms with Gasteiger partial charge in [0.1, 0.15) is 23.6 Å². The van der Waals surface area contributed by atoms with E-state index in [9.17, 15) is 9.59 Å². The minimum absolute atomic E-state index is 0.00237. The molecule has 1 N–H and O–H groups in total. The predicted octanol–water partition coefficient (Wildman–Crippen LogP) is 2.53. The van der Waals surface area contributed by atoms with Crippen molar-refractivity contribution in [2.45, 2.75) is 36.8 Å². The van der Waals surface area contributed by atoms with Gasteiger partial charge in [-0.25, -0.2) is 9.78 Å². The summed E-state index contributed by atoms with van der Waals surface area (Å²) >= 11 is 0. The van der Waals surface area contributed by atoms with Gasteiger partial charge >= 0.3 is 5.97 Å². The van der Waals surface area contributed by atoms with Crippen LogP contribution in [0.15, 0.2) is 48.7 Å². The van der Waals surface area contributed by atoms with Crippen molar-refractivity contribution < 1.29 is 23.8 Å². The Morgan fingerprint density at radius 1 is 1.09 bits per heavy atom. The van der Waals surface area contributed by atoms with Crippen molar-refractivity contribution in [1.29, 1.82) is 0 Å². The molecular formula is C25H31N3O5. The molecule has 33 heavy (non-hydrogen) atoms. The summed E-state index contributed by atoms with van der Waals surface area (Å²) in [5.74, 6) is 0.342. The highest BCUT2D eigenvalue weighted by Crippen LogP contribution is 2.46. The minimum Gasteiger partial charge on any atom is -0.492 e. The number of carbonyl (C=O) groups excluding carboxylic acids is 2. The number of hydrogen-bond acceptors (Lipinski definition) is 7. The molecule has 8 nitrogen and oxygen atoms in total. The molecule has 1 aliphatic carbocycles. The molecule has 1 saturated carbocycles. The second-order valence-electron chi connectivity index (χ2n) is 8.69. The Bertz CT molecular complexity index is 954. The van der Waals surface area contributed by atoms with Crippen LogP contribution in [-0.2, 0) is 19.8 Å². The smallest absolute Gasteiger partial charge is 0.356 e. The number of benzene rings is 1. The third-order valence-corrected chi connectivity index (χ3v) is 6.73. The van der Waals surface area contributed by atoms with Crippen molar-refractivity contribution in [2.75, 3.05) is 40.5 Å². The molecular weight excluding hydrogens is 422 g/mol. The molecule has 4 rings (SSSR count). The van der Waals surface area contributed by atoms with Gasteiger partial charge in [0, 0.05) is 26.0 Å². The molecule has 0 unspecified atom stereocenters. The summed E-state index contributed by atoms with van der Waals surface area (Å²) in [5, 5.41) is 3.31. The zero-order valence-electron chi connectivity index (χ0n) is 19.2. The Morgan fingerprint density at radius 3 is 2.42 bits per heavy atom. The van der Waals surface area contributed by atoms with Crippen LogP contribution in [-0.4, -0.2) is 67.8 Å². The molecule has 0 bridgehead atoms. The van der Waals surface area contributed by atoms with E-state index in [-0.39, 0.29) is 11.6 Å². The quantitative estimate of drug-likeness (QED) is 0.584. The third kappa shape index (κ3) is 5.02. The molecule has 2 heterocycles. The Hall–Kier alpha value is -2.97. The van der Waals surface area contributed by atoms with Gasteiger partial charge in [0.2, 0.25) is 5.91 Å². The first kappa shape index (κ1) is 23.2. The molecule has 0 spiro atoms. The molecule has 8 heteroatoms. The highest BCUT2D eigenvalue weighted by atomic mass is 16.5. The van der Waals surface area contributed by atoms with Crippen molar-refractivity contribution >= 4 is 11.9 Å². The largest absolute Gasteiger partial charge is 0.492 e. The molecule has 1 saturated heterocycles. The van der Waals surface area contributed by atoms with Gasteiger partial charge in [0.25, 0.3) is 0 Å². The fourth-order valence-corrected chi connectivity index (χ4v) is 4.37. The summed E-state index contributed by atoms with van der Waals surface area (Å²) in [6.45, 7) is 2.19. The van der Waals surface area contributed by atoms with Crippen LogP contribution >= 0.6 is 0 Å². The summed E-state index contributed by atoms with van der Waals surface area (Å²) in [6, 6.07) is 13.2. The lowest BCUT2D eigenvalue weighted by molar-refractivity contribution is -0.140. The Balaban J connectivity index is 1.44. The van der Waals surface area contributed by atoms with Crippen LogP contribution in [0, 0.1) is 0 Å². The van der Waals surface area contributed by atoms with E-state index in [0.29, 0.717) is 39.2 Å². The summed E-state index contributed by atoms with van der Waals surface area (Å²) in [5.41, 5.74) is 0.0572. The maximum atomic E-state index is 13.7. The van der Waals surface area contributed by atoms with Crippen molar-refractivity contribution in [1.82, 2.24) is 15.2 Å². The first-order valence-electron chi connectivity index (χ1n) is 11.3. The normalized spacial score (nSPS) is 18.4. The Morgan fingerprint density at radius 2 is 1.82 bits per heavy atom. The first-order valence-corrected chi connectivity index (χ1v) is 11.3. The molecule has 0 radical (unpaired) electrons. The van der Waals surface area contributed by atoms with Crippen LogP contribution in [0.25, 0.3) is 0 Å². The molecule has 176 valence electrons. The van der Waals surface area contributed by atoms with E-state index in [1.54, 1.807) is 12.3 Å². The number of ether oxygens (including phenoxy) is 3. The van der Waals surface area contributed by atoms with E-state index in [0.717, 1.165) is 24.2 Å². The number of nitrogens with one attached hydrogen (secondary N) is 1. The van der Waals surface area contributed by atoms with E-state index in [1.165, 1.54) is 7.11 Å². The van der Waals surface area contributed by atoms with E-state index in [2.05, 4.69) is 15.2 Å². The van der Waals surface area contributed by atoms with Crippen molar-refractivity contribution in [3.05, 3.63) is 59.9 Å². The van der Waals surface area contributed by atoms with Gasteiger partial charge in [-0.05, 0) is 56.5 Å². The van der Waals surface area contributed by atoms with Crippen LogP contribution in [0.2, 0.25) is 0 Å². The third-order valence-electron chi connectivity index (χ3n) is 6.73. The van der Waals surface area contributed by atoms with Gasteiger partial charge in [-0.3, -0.25) is 9.69 Å². The lowest BCUT2D eigenvalue weighted by Crippen LogP contribution is -2.62. The first-order chi connectivity index (χ1) is 16.0. The highest BCUT2D eigenvalue weighted by molar-refractivity contribution is 5.88. The second kappa shape index (κ2) is 9.89.